The van der Waals surface area contributed by atoms with Crippen molar-refractivity contribution in [1.29, 1.82) is 0 Å². The minimum Gasteiger partial charge on any atom is -0.348 e. The fourth-order valence-corrected chi connectivity index (χ4v) is 2.93. The van der Waals surface area contributed by atoms with Gasteiger partial charge in [0.15, 0.2) is 0 Å². The molecule has 0 unspecified atom stereocenters. The second-order valence-electron chi connectivity index (χ2n) is 6.54. The van der Waals surface area contributed by atoms with Gasteiger partial charge in [0.2, 0.25) is 0 Å². The van der Waals surface area contributed by atoms with Crippen LogP contribution >= 0.6 is 0 Å². The predicted octanol–water partition coefficient (Wildman–Crippen LogP) is 6.86. The van der Waals surface area contributed by atoms with Crippen LogP contribution in [0.4, 0.5) is 0 Å². The molecule has 0 atom stereocenters. The van der Waals surface area contributed by atoms with E-state index in [9.17, 15) is 0 Å². The van der Waals surface area contributed by atoms with Crippen LogP contribution in [0, 0.1) is 0 Å². The first kappa shape index (κ1) is 21.7. The van der Waals surface area contributed by atoms with Gasteiger partial charge in [-0.2, -0.15) is 0 Å². The van der Waals surface area contributed by atoms with Gasteiger partial charge in [-0.15, -0.1) is 0 Å². The van der Waals surface area contributed by atoms with Gasteiger partial charge >= 0.3 is 0 Å². The van der Waals surface area contributed by atoms with Gasteiger partial charge in [-0.3, -0.25) is 4.99 Å². The minimum absolute atomic E-state index is 0.142. The highest BCUT2D eigenvalue weighted by molar-refractivity contribution is 5.70. The Morgan fingerprint density at radius 3 is 1.91 bits per heavy atom. The van der Waals surface area contributed by atoms with Crippen LogP contribution in [0.3, 0.4) is 0 Å². The molecule has 0 saturated carbocycles. The monoisotopic (exact) mass is 318 g/mol. The summed E-state index contributed by atoms with van der Waals surface area (Å²) < 4.78 is 0. The molecule has 0 saturated heterocycles. The molecule has 23 heavy (non-hydrogen) atoms. The van der Waals surface area contributed by atoms with Gasteiger partial charge in [0.1, 0.15) is 0 Å². The van der Waals surface area contributed by atoms with Crippen LogP contribution < -0.4 is 0 Å². The van der Waals surface area contributed by atoms with E-state index in [2.05, 4.69) is 43.8 Å². The highest BCUT2D eigenvalue weighted by Gasteiger charge is 2.27. The third-order valence-electron chi connectivity index (χ3n) is 4.46. The summed E-state index contributed by atoms with van der Waals surface area (Å²) in [5.74, 6) is 0. The van der Waals surface area contributed by atoms with Crippen molar-refractivity contribution in [2.45, 2.75) is 90.5 Å². The maximum Gasteiger partial charge on any atom is 0.0430 e. The quantitative estimate of drug-likeness (QED) is 0.238. The SMILES string of the molecule is C=CC=N/C=C\N(C=C)C(C)(CCCCCC)CCCCCC. The van der Waals surface area contributed by atoms with Gasteiger partial charge < -0.3 is 4.90 Å². The molecule has 0 aromatic rings. The Morgan fingerprint density at radius 1 is 0.913 bits per heavy atom. The number of rotatable bonds is 15. The van der Waals surface area contributed by atoms with Crippen molar-refractivity contribution < 1.29 is 0 Å². The first-order valence-electron chi connectivity index (χ1n) is 9.36. The Hall–Kier alpha value is -1.31. The van der Waals surface area contributed by atoms with Crippen LogP contribution in [0.5, 0.6) is 0 Å². The average Bonchev–Trinajstić information content (AvgIpc) is 2.56. The van der Waals surface area contributed by atoms with Crippen LogP contribution in [0.1, 0.15) is 85.0 Å². The van der Waals surface area contributed by atoms with Gasteiger partial charge in [-0.25, -0.2) is 0 Å². The molecule has 0 aliphatic heterocycles. The molecule has 0 radical (unpaired) electrons. The Bertz CT molecular complexity index is 343. The summed E-state index contributed by atoms with van der Waals surface area (Å²) >= 11 is 0. The van der Waals surface area contributed by atoms with E-state index >= 15 is 0 Å². The normalized spacial score (nSPS) is 12.1. The zero-order valence-electron chi connectivity index (χ0n) is 15.8. The number of aliphatic imine (C=N–C) groups is 1. The van der Waals surface area contributed by atoms with E-state index in [1.165, 1.54) is 64.2 Å². The molecule has 132 valence electrons. The number of hydrogen-bond donors (Lipinski definition) is 0. The fraction of sp³-hybridized carbons (Fsp3) is 0.667. The molecule has 0 N–H and O–H groups in total. The second kappa shape index (κ2) is 14.3. The van der Waals surface area contributed by atoms with E-state index in [1.807, 2.05) is 18.6 Å². The molecule has 0 bridgehead atoms. The summed E-state index contributed by atoms with van der Waals surface area (Å²) in [5.41, 5.74) is 0.142. The van der Waals surface area contributed by atoms with E-state index < -0.39 is 0 Å². The smallest absolute Gasteiger partial charge is 0.0430 e. The average molecular weight is 319 g/mol. The maximum absolute atomic E-state index is 4.20. The van der Waals surface area contributed by atoms with Gasteiger partial charge in [0.25, 0.3) is 0 Å². The number of nitrogens with zero attached hydrogens (tertiary/aromatic N) is 2. The molecule has 0 aromatic carbocycles. The minimum atomic E-state index is 0.142. The topological polar surface area (TPSA) is 15.6 Å². The summed E-state index contributed by atoms with van der Waals surface area (Å²) in [5, 5.41) is 0. The van der Waals surface area contributed by atoms with Gasteiger partial charge in [0.05, 0.1) is 0 Å². The summed E-state index contributed by atoms with van der Waals surface area (Å²) in [7, 11) is 0. The Morgan fingerprint density at radius 2 is 1.48 bits per heavy atom. The standard InChI is InChI=1S/C21H38N2/c1-6-10-12-14-16-21(5,17-15-13-11-7-2)23(9-4)20-19-22-18-8-3/h8-9,18-20H,3-4,6-7,10-17H2,1-2,5H3/b20-19-,22-18?. The van der Waals surface area contributed by atoms with Gasteiger partial charge in [-0.05, 0) is 26.0 Å². The lowest BCUT2D eigenvalue weighted by atomic mass is 9.86. The third kappa shape index (κ3) is 10.1. The zero-order valence-corrected chi connectivity index (χ0v) is 15.8. The molecule has 0 spiro atoms. The lowest BCUT2D eigenvalue weighted by Crippen LogP contribution is -2.39. The first-order valence-corrected chi connectivity index (χ1v) is 9.36. The van der Waals surface area contributed by atoms with Crippen LogP contribution in [-0.2, 0) is 0 Å². The van der Waals surface area contributed by atoms with Crippen molar-refractivity contribution in [1.82, 2.24) is 4.90 Å². The number of allylic oxidation sites excluding steroid dienone is 1. The summed E-state index contributed by atoms with van der Waals surface area (Å²) in [6, 6.07) is 0. The van der Waals surface area contributed by atoms with Crippen LogP contribution in [0.2, 0.25) is 0 Å². The lowest BCUT2D eigenvalue weighted by molar-refractivity contribution is 0.184. The summed E-state index contributed by atoms with van der Waals surface area (Å²) in [4.78, 5) is 6.45. The van der Waals surface area contributed by atoms with Crippen molar-refractivity contribution in [3.8, 4) is 0 Å². The van der Waals surface area contributed by atoms with Crippen molar-refractivity contribution in [3.05, 3.63) is 37.8 Å². The van der Waals surface area contributed by atoms with E-state index in [1.54, 1.807) is 12.3 Å². The van der Waals surface area contributed by atoms with E-state index in [4.69, 9.17) is 0 Å². The second-order valence-corrected chi connectivity index (χ2v) is 6.54. The Balaban J connectivity index is 4.79. The van der Waals surface area contributed by atoms with Crippen molar-refractivity contribution >= 4 is 6.21 Å². The molecule has 0 aliphatic carbocycles. The first-order chi connectivity index (χ1) is 11.1. The highest BCUT2D eigenvalue weighted by Crippen LogP contribution is 2.30. The van der Waals surface area contributed by atoms with Crippen molar-refractivity contribution in [2.75, 3.05) is 0 Å². The molecular formula is C21H38N2. The zero-order chi connectivity index (χ0) is 17.4. The van der Waals surface area contributed by atoms with Crippen molar-refractivity contribution in [2.24, 2.45) is 4.99 Å². The molecule has 2 nitrogen and oxygen atoms in total. The Kier molecular flexibility index (Phi) is 13.5. The maximum atomic E-state index is 4.20. The molecule has 0 aromatic heterocycles. The van der Waals surface area contributed by atoms with Crippen molar-refractivity contribution in [3.63, 3.8) is 0 Å². The third-order valence-corrected chi connectivity index (χ3v) is 4.46. The summed E-state index contributed by atoms with van der Waals surface area (Å²) in [6.45, 7) is 14.6. The molecule has 0 heterocycles. The van der Waals surface area contributed by atoms with E-state index in [-0.39, 0.29) is 5.54 Å². The van der Waals surface area contributed by atoms with Gasteiger partial charge in [-0.1, -0.05) is 84.4 Å². The van der Waals surface area contributed by atoms with E-state index in [0.29, 0.717) is 0 Å². The molecule has 2 heteroatoms. The summed E-state index contributed by atoms with van der Waals surface area (Å²) in [6.07, 6.45) is 22.1. The van der Waals surface area contributed by atoms with Crippen LogP contribution in [-0.4, -0.2) is 16.7 Å². The number of unbranched alkanes of at least 4 members (excludes halogenated alkanes) is 6. The molecule has 0 aliphatic rings. The Labute approximate surface area is 145 Å². The molecule has 0 rings (SSSR count). The predicted molar refractivity (Wildman–Crippen MR) is 106 cm³/mol. The fourth-order valence-electron chi connectivity index (χ4n) is 2.93. The molecule has 0 amide bonds. The molecular weight excluding hydrogens is 280 g/mol. The largest absolute Gasteiger partial charge is 0.348 e. The van der Waals surface area contributed by atoms with Gasteiger partial charge in [0, 0.05) is 24.2 Å². The highest BCUT2D eigenvalue weighted by atomic mass is 15.2. The van der Waals surface area contributed by atoms with Crippen LogP contribution in [0.25, 0.3) is 0 Å². The lowest BCUT2D eigenvalue weighted by Gasteiger charge is -2.39. The molecule has 0 fully saturated rings. The van der Waals surface area contributed by atoms with E-state index in [0.717, 1.165) is 0 Å². The van der Waals surface area contributed by atoms with Crippen LogP contribution in [0.15, 0.2) is 42.8 Å². The number of hydrogen-bond acceptors (Lipinski definition) is 2.